The molecule has 1 heterocycles. The molecular weight excluding hydrogens is 509 g/mol. The van der Waals surface area contributed by atoms with E-state index in [1.54, 1.807) is 12.1 Å². The summed E-state index contributed by atoms with van der Waals surface area (Å²) in [6.45, 7) is 0.470. The number of allylic oxidation sites excluding steroid dienone is 2. The number of carboxylic acids is 1. The second kappa shape index (κ2) is 13.9. The number of fused-ring (bicyclic) bond motifs is 1. The van der Waals surface area contributed by atoms with Crippen molar-refractivity contribution < 1.29 is 23.8 Å². The lowest BCUT2D eigenvalue weighted by Crippen LogP contribution is -2.49. The van der Waals surface area contributed by atoms with Gasteiger partial charge < -0.3 is 24.4 Å². The number of aliphatic carboxylic acids is 1. The van der Waals surface area contributed by atoms with E-state index in [4.69, 9.17) is 32.4 Å². The number of carboxylic acid groups (broad SMARTS) is 1. The van der Waals surface area contributed by atoms with Gasteiger partial charge in [0.1, 0.15) is 5.76 Å². The monoisotopic (exact) mass is 532 g/mol. The summed E-state index contributed by atoms with van der Waals surface area (Å²) in [5.41, 5.74) is 1.63. The van der Waals surface area contributed by atoms with Gasteiger partial charge in [-0.05, 0) is 30.2 Å². The van der Waals surface area contributed by atoms with E-state index in [-0.39, 0.29) is 10.8 Å². The highest BCUT2D eigenvalue weighted by Gasteiger charge is 2.13. The van der Waals surface area contributed by atoms with E-state index < -0.39 is 17.9 Å². The van der Waals surface area contributed by atoms with Crippen molar-refractivity contribution in [2.45, 2.75) is 18.2 Å². The number of nitrogens with one attached hydrogen (secondary N) is 1. The maximum atomic E-state index is 12.2. The Bertz CT molecular complexity index is 1190. The molecule has 1 amide bonds. The summed E-state index contributed by atoms with van der Waals surface area (Å²) in [6, 6.07) is 15.8. The number of para-hydroxylation sites is 1. The van der Waals surface area contributed by atoms with Gasteiger partial charge in [-0.1, -0.05) is 60.1 Å². The number of carbonyl (C=O) groups excluding carboxylic acids is 2. The minimum atomic E-state index is -1.34. The highest BCUT2D eigenvalue weighted by molar-refractivity contribution is 7.98. The minimum Gasteiger partial charge on any atom is -0.548 e. The number of hydrogen-bond donors (Lipinski definition) is 1. The third kappa shape index (κ3) is 8.38. The van der Waals surface area contributed by atoms with Gasteiger partial charge in [0.05, 0.1) is 23.7 Å². The number of ether oxygens (including phenoxy) is 1. The largest absolute Gasteiger partial charge is 0.548 e. The molecule has 3 rings (SSSR count). The van der Waals surface area contributed by atoms with Gasteiger partial charge >= 0.3 is 0 Å². The highest BCUT2D eigenvalue weighted by atomic mass is 35.5. The van der Waals surface area contributed by atoms with Crippen LogP contribution in [0, 0.1) is 0 Å². The Kier molecular flexibility index (Phi) is 10.6. The van der Waals surface area contributed by atoms with Crippen LogP contribution in [0.25, 0.3) is 16.0 Å². The van der Waals surface area contributed by atoms with Crippen LogP contribution in [0.1, 0.15) is 17.7 Å². The van der Waals surface area contributed by atoms with Gasteiger partial charge in [-0.2, -0.15) is 11.8 Å². The van der Waals surface area contributed by atoms with Crippen molar-refractivity contribution in [2.75, 3.05) is 18.2 Å². The standard InChI is InChI=1S/C26H25Cl2NO5S/c27-13-6-14-33-22-11-4-9-19-15-23(34-25(19)22)20(28)10-5-12-24(30)29-21(26(31)32)17-35-16-18-7-2-1-3-8-18/h1-5,7-12,15,21H,6,13-14,16-17H2,(H,29,30)(H,31,32)/p-1/b12-5+,20-10-. The molecule has 2 aromatic carbocycles. The number of hydrogen-bond acceptors (Lipinski definition) is 6. The van der Waals surface area contributed by atoms with Crippen molar-refractivity contribution in [3.05, 3.63) is 84.1 Å². The maximum absolute atomic E-state index is 12.2. The van der Waals surface area contributed by atoms with Gasteiger partial charge in [0.2, 0.25) is 5.91 Å². The first-order valence-corrected chi connectivity index (χ1v) is 12.9. The molecule has 184 valence electrons. The van der Waals surface area contributed by atoms with Crippen molar-refractivity contribution >= 4 is 62.8 Å². The molecule has 9 heteroatoms. The molecule has 0 saturated heterocycles. The summed E-state index contributed by atoms with van der Waals surface area (Å²) in [7, 11) is 0. The van der Waals surface area contributed by atoms with Gasteiger partial charge in [0.15, 0.2) is 11.3 Å². The molecule has 0 aliphatic carbocycles. The maximum Gasteiger partial charge on any atom is 0.244 e. The number of alkyl halides is 1. The summed E-state index contributed by atoms with van der Waals surface area (Å²) < 4.78 is 11.6. The fourth-order valence-electron chi connectivity index (χ4n) is 3.06. The number of rotatable bonds is 13. The molecule has 0 spiro atoms. The smallest absolute Gasteiger partial charge is 0.244 e. The molecule has 0 saturated carbocycles. The van der Waals surface area contributed by atoms with Gasteiger partial charge in [0, 0.05) is 28.8 Å². The average molecular weight is 533 g/mol. The lowest BCUT2D eigenvalue weighted by molar-refractivity contribution is -0.307. The van der Waals surface area contributed by atoms with Crippen LogP contribution < -0.4 is 15.2 Å². The topological polar surface area (TPSA) is 91.6 Å². The molecular formula is C26H24Cl2NO5S-. The van der Waals surface area contributed by atoms with E-state index in [0.29, 0.717) is 41.8 Å². The van der Waals surface area contributed by atoms with Gasteiger partial charge in [-0.3, -0.25) is 4.79 Å². The second-order valence-corrected chi connectivity index (χ2v) is 9.25. The second-order valence-electron chi connectivity index (χ2n) is 7.43. The van der Waals surface area contributed by atoms with E-state index in [1.807, 2.05) is 42.5 Å². The third-order valence-electron chi connectivity index (χ3n) is 4.77. The molecule has 1 aromatic heterocycles. The fourth-order valence-corrected chi connectivity index (χ4v) is 4.34. The highest BCUT2D eigenvalue weighted by Crippen LogP contribution is 2.32. The van der Waals surface area contributed by atoms with Crippen LogP contribution in [-0.4, -0.2) is 36.2 Å². The predicted molar refractivity (Wildman–Crippen MR) is 140 cm³/mol. The average Bonchev–Trinajstić information content (AvgIpc) is 3.29. The van der Waals surface area contributed by atoms with Crippen LogP contribution in [-0.2, 0) is 15.3 Å². The van der Waals surface area contributed by atoms with Gasteiger partial charge in [-0.15, -0.1) is 11.6 Å². The normalized spacial score (nSPS) is 12.7. The molecule has 0 fully saturated rings. The summed E-state index contributed by atoms with van der Waals surface area (Å²) in [5.74, 6) is 0.408. The lowest BCUT2D eigenvalue weighted by Gasteiger charge is -2.18. The quantitative estimate of drug-likeness (QED) is 0.148. The van der Waals surface area contributed by atoms with Crippen LogP contribution in [0.2, 0.25) is 0 Å². The number of thioether (sulfide) groups is 1. The molecule has 3 aromatic rings. The Morgan fingerprint density at radius 2 is 1.97 bits per heavy atom. The zero-order valence-corrected chi connectivity index (χ0v) is 21.1. The molecule has 35 heavy (non-hydrogen) atoms. The lowest BCUT2D eigenvalue weighted by atomic mass is 10.2. The van der Waals surface area contributed by atoms with Crippen LogP contribution in [0.15, 0.2) is 77.2 Å². The summed E-state index contributed by atoms with van der Waals surface area (Å²) in [5, 5.41) is 14.9. The van der Waals surface area contributed by atoms with E-state index in [9.17, 15) is 14.7 Å². The zero-order valence-electron chi connectivity index (χ0n) is 18.7. The van der Waals surface area contributed by atoms with Crippen LogP contribution >= 0.6 is 35.0 Å². The Labute approximate surface area is 217 Å². The van der Waals surface area contributed by atoms with E-state index >= 15 is 0 Å². The van der Waals surface area contributed by atoms with Gasteiger partial charge in [-0.25, -0.2) is 0 Å². The number of benzene rings is 2. The Balaban J connectivity index is 1.57. The van der Waals surface area contributed by atoms with Crippen molar-refractivity contribution in [2.24, 2.45) is 0 Å². The Morgan fingerprint density at radius 3 is 2.71 bits per heavy atom. The van der Waals surface area contributed by atoms with Crippen molar-refractivity contribution in [3.8, 4) is 5.75 Å². The zero-order chi connectivity index (χ0) is 25.0. The van der Waals surface area contributed by atoms with Gasteiger partial charge in [0.25, 0.3) is 0 Å². The molecule has 0 aliphatic rings. The van der Waals surface area contributed by atoms with Crippen molar-refractivity contribution in [1.82, 2.24) is 5.32 Å². The summed E-state index contributed by atoms with van der Waals surface area (Å²) in [4.78, 5) is 23.6. The van der Waals surface area contributed by atoms with Crippen LogP contribution in [0.3, 0.4) is 0 Å². The third-order valence-corrected chi connectivity index (χ3v) is 6.45. The first kappa shape index (κ1) is 26.7. The van der Waals surface area contributed by atoms with Crippen molar-refractivity contribution in [1.29, 1.82) is 0 Å². The van der Waals surface area contributed by atoms with Crippen molar-refractivity contribution in [3.63, 3.8) is 0 Å². The molecule has 1 N–H and O–H groups in total. The number of furan rings is 1. The minimum absolute atomic E-state index is 0.182. The summed E-state index contributed by atoms with van der Waals surface area (Å²) in [6.07, 6.45) is 4.82. The molecule has 1 unspecified atom stereocenters. The molecule has 0 radical (unpaired) electrons. The summed E-state index contributed by atoms with van der Waals surface area (Å²) >= 11 is 13.4. The number of amides is 1. The molecule has 1 atom stereocenters. The SMILES string of the molecule is O=C(/C=C/C=C(\Cl)c1cc2cccc(OCCCCl)c2o1)NC(CSCc1ccccc1)C(=O)[O-]. The number of halogens is 2. The fraction of sp³-hybridized carbons (Fsp3) is 0.231. The van der Waals surface area contributed by atoms with Crippen LogP contribution in [0.4, 0.5) is 0 Å². The van der Waals surface area contributed by atoms with E-state index in [2.05, 4.69) is 5.32 Å². The Hall–Kier alpha value is -2.87. The predicted octanol–water partition coefficient (Wildman–Crippen LogP) is 4.74. The number of carbonyl (C=O) groups is 2. The first-order valence-electron chi connectivity index (χ1n) is 10.9. The Morgan fingerprint density at radius 1 is 1.17 bits per heavy atom. The first-order chi connectivity index (χ1) is 17.0. The molecule has 0 bridgehead atoms. The van der Waals surface area contributed by atoms with E-state index in [0.717, 1.165) is 10.9 Å². The molecule has 0 aliphatic heterocycles. The van der Waals surface area contributed by atoms with E-state index in [1.165, 1.54) is 30.0 Å². The molecule has 6 nitrogen and oxygen atoms in total. The van der Waals surface area contributed by atoms with Crippen LogP contribution in [0.5, 0.6) is 5.75 Å².